The summed E-state index contributed by atoms with van der Waals surface area (Å²) in [6.45, 7) is 3.51. The van der Waals surface area contributed by atoms with Gasteiger partial charge in [0.1, 0.15) is 12.5 Å². The Labute approximate surface area is 200 Å². The molecule has 0 heterocycles. The van der Waals surface area contributed by atoms with E-state index in [1.807, 2.05) is 0 Å². The van der Waals surface area contributed by atoms with Crippen molar-refractivity contribution < 1.29 is 24.1 Å². The molecule has 0 spiro atoms. The summed E-state index contributed by atoms with van der Waals surface area (Å²) in [6, 6.07) is 6.75. The second-order valence-electron chi connectivity index (χ2n) is 10.8. The fourth-order valence-electron chi connectivity index (χ4n) is 7.51. The van der Waals surface area contributed by atoms with Gasteiger partial charge in [-0.3, -0.25) is 0 Å². The van der Waals surface area contributed by atoms with E-state index < -0.39 is 0 Å². The minimum atomic E-state index is 0.258. The molecule has 0 saturated heterocycles. The van der Waals surface area contributed by atoms with E-state index in [1.165, 1.54) is 44.1 Å². The van der Waals surface area contributed by atoms with Gasteiger partial charge < -0.3 is 24.1 Å². The highest BCUT2D eigenvalue weighted by Crippen LogP contribution is 2.63. The number of ether oxygens (including phenoxy) is 4. The van der Waals surface area contributed by atoms with E-state index in [0.29, 0.717) is 38.1 Å². The van der Waals surface area contributed by atoms with Crippen molar-refractivity contribution >= 4 is 0 Å². The molecule has 3 aliphatic rings. The molecule has 5 heteroatoms. The van der Waals surface area contributed by atoms with Crippen LogP contribution < -0.4 is 4.74 Å². The van der Waals surface area contributed by atoms with Gasteiger partial charge in [0.2, 0.25) is 0 Å². The first-order chi connectivity index (χ1) is 16.1. The Hall–Kier alpha value is -1.14. The highest BCUT2D eigenvalue weighted by Gasteiger charge is 2.57. The fourth-order valence-corrected chi connectivity index (χ4v) is 7.51. The van der Waals surface area contributed by atoms with Crippen molar-refractivity contribution in [3.8, 4) is 5.75 Å². The second-order valence-corrected chi connectivity index (χ2v) is 10.8. The number of rotatable bonds is 12. The third-order valence-electron chi connectivity index (χ3n) is 9.00. The summed E-state index contributed by atoms with van der Waals surface area (Å²) < 4.78 is 22.4. The molecule has 4 rings (SSSR count). The summed E-state index contributed by atoms with van der Waals surface area (Å²) >= 11 is 0. The van der Waals surface area contributed by atoms with E-state index in [0.717, 1.165) is 43.3 Å². The van der Waals surface area contributed by atoms with Crippen LogP contribution in [0.1, 0.15) is 81.8 Å². The molecule has 5 nitrogen and oxygen atoms in total. The van der Waals surface area contributed by atoms with Gasteiger partial charge in [-0.2, -0.15) is 0 Å². The zero-order valence-electron chi connectivity index (χ0n) is 20.9. The number of hydrogen-bond acceptors (Lipinski definition) is 5. The minimum absolute atomic E-state index is 0.258. The molecule has 186 valence electrons. The minimum Gasteiger partial charge on any atom is -0.468 e. The molecule has 0 aromatic heterocycles. The van der Waals surface area contributed by atoms with Crippen molar-refractivity contribution in [2.45, 2.75) is 83.2 Å². The maximum Gasteiger partial charge on any atom is 0.188 e. The molecule has 1 unspecified atom stereocenters. The molecular formula is C28H44O5. The van der Waals surface area contributed by atoms with Gasteiger partial charge in [0.15, 0.2) is 6.79 Å². The predicted octanol–water partition coefficient (Wildman–Crippen LogP) is 5.68. The summed E-state index contributed by atoms with van der Waals surface area (Å²) in [7, 11) is 3.39. The van der Waals surface area contributed by atoms with Gasteiger partial charge in [0, 0.05) is 20.8 Å². The Bertz CT molecular complexity index is 752. The molecule has 0 amide bonds. The molecular weight excluding hydrogens is 416 g/mol. The first-order valence-corrected chi connectivity index (χ1v) is 13.1. The number of aliphatic hydroxyl groups excluding tert-OH is 1. The van der Waals surface area contributed by atoms with E-state index in [4.69, 9.17) is 24.1 Å². The molecule has 0 bridgehead atoms. The van der Waals surface area contributed by atoms with Gasteiger partial charge in [0.25, 0.3) is 0 Å². The average Bonchev–Trinajstić information content (AvgIpc) is 3.16. The van der Waals surface area contributed by atoms with Gasteiger partial charge in [-0.1, -0.05) is 32.3 Å². The third-order valence-corrected chi connectivity index (χ3v) is 9.00. The molecule has 2 saturated carbocycles. The van der Waals surface area contributed by atoms with Crippen molar-refractivity contribution in [2.75, 3.05) is 34.4 Å². The van der Waals surface area contributed by atoms with Gasteiger partial charge in [0.05, 0.1) is 6.10 Å². The number of benzene rings is 1. The van der Waals surface area contributed by atoms with Crippen LogP contribution in [-0.4, -0.2) is 45.6 Å². The smallest absolute Gasteiger partial charge is 0.188 e. The summed E-state index contributed by atoms with van der Waals surface area (Å²) in [4.78, 5) is 0. The lowest BCUT2D eigenvalue weighted by atomic mass is 9.52. The van der Waals surface area contributed by atoms with E-state index in [2.05, 4.69) is 25.1 Å². The normalized spacial score (nSPS) is 32.8. The maximum absolute atomic E-state index is 9.14. The van der Waals surface area contributed by atoms with Crippen LogP contribution in [0.3, 0.4) is 0 Å². The Kier molecular flexibility index (Phi) is 8.72. The van der Waals surface area contributed by atoms with Gasteiger partial charge in [-0.05, 0) is 97.3 Å². The van der Waals surface area contributed by atoms with Crippen molar-refractivity contribution in [2.24, 2.45) is 23.2 Å². The van der Waals surface area contributed by atoms with E-state index >= 15 is 0 Å². The molecule has 33 heavy (non-hydrogen) atoms. The van der Waals surface area contributed by atoms with Crippen LogP contribution in [0.25, 0.3) is 0 Å². The number of aliphatic hydroxyl groups is 1. The number of hydrogen-bond donors (Lipinski definition) is 1. The SMILES string of the molecule is COCOc1ccc2c(c1)CC(CCCCCCO)[C@@H]1[C@@H]2CC[C@]2(C)[C@@H](OCOC)CC[C@@H]12. The number of methoxy groups -OCH3 is 2. The molecule has 1 aromatic carbocycles. The van der Waals surface area contributed by atoms with E-state index in [9.17, 15) is 0 Å². The Morgan fingerprint density at radius 3 is 2.61 bits per heavy atom. The lowest BCUT2D eigenvalue weighted by Gasteiger charge is -2.53. The highest BCUT2D eigenvalue weighted by molar-refractivity contribution is 5.41. The maximum atomic E-state index is 9.14. The summed E-state index contributed by atoms with van der Waals surface area (Å²) in [5.74, 6) is 3.73. The first-order valence-electron chi connectivity index (χ1n) is 13.1. The van der Waals surface area contributed by atoms with E-state index in [1.54, 1.807) is 19.8 Å². The largest absolute Gasteiger partial charge is 0.468 e. The summed E-state index contributed by atoms with van der Waals surface area (Å²) in [5.41, 5.74) is 3.30. The number of unbranched alkanes of at least 4 members (excludes halogenated alkanes) is 3. The molecule has 2 fully saturated rings. The fraction of sp³-hybridized carbons (Fsp3) is 0.786. The zero-order valence-corrected chi connectivity index (χ0v) is 20.9. The zero-order chi connectivity index (χ0) is 23.3. The van der Waals surface area contributed by atoms with Crippen molar-refractivity contribution in [3.63, 3.8) is 0 Å². The standard InChI is InChI=1S/C28H44O5/c1-28-14-13-24-23-10-9-22(32-18-30-2)17-21(23)16-20(8-6-4-5-7-15-29)27(24)25(28)11-12-26(28)33-19-31-3/h9-10,17,20,24-27,29H,4-8,11-16,18-19H2,1-3H3/t20?,24-,25+,26+,27-,28+/m1/s1. The van der Waals surface area contributed by atoms with Crippen molar-refractivity contribution in [1.29, 1.82) is 0 Å². The molecule has 0 radical (unpaired) electrons. The summed E-state index contributed by atoms with van der Waals surface area (Å²) in [5, 5.41) is 9.14. The van der Waals surface area contributed by atoms with Crippen LogP contribution in [0.5, 0.6) is 5.75 Å². The topological polar surface area (TPSA) is 57.2 Å². The lowest BCUT2D eigenvalue weighted by molar-refractivity contribution is -0.128. The first kappa shape index (κ1) is 25.0. The van der Waals surface area contributed by atoms with Crippen molar-refractivity contribution in [1.82, 2.24) is 0 Å². The molecule has 0 aliphatic heterocycles. The van der Waals surface area contributed by atoms with Gasteiger partial charge >= 0.3 is 0 Å². The van der Waals surface area contributed by atoms with Crippen LogP contribution in [-0.2, 0) is 20.6 Å². The van der Waals surface area contributed by atoms with Crippen LogP contribution in [0.15, 0.2) is 18.2 Å². The second kappa shape index (κ2) is 11.5. The van der Waals surface area contributed by atoms with E-state index in [-0.39, 0.29) is 5.41 Å². The van der Waals surface area contributed by atoms with Crippen LogP contribution >= 0.6 is 0 Å². The number of fused-ring (bicyclic) bond motifs is 5. The average molecular weight is 461 g/mol. The Balaban J connectivity index is 1.57. The van der Waals surface area contributed by atoms with Crippen molar-refractivity contribution in [3.05, 3.63) is 29.3 Å². The predicted molar refractivity (Wildman–Crippen MR) is 129 cm³/mol. The van der Waals surface area contributed by atoms with Crippen LogP contribution in [0.2, 0.25) is 0 Å². The Morgan fingerprint density at radius 1 is 1.00 bits per heavy atom. The van der Waals surface area contributed by atoms with Gasteiger partial charge in [-0.15, -0.1) is 0 Å². The quantitative estimate of drug-likeness (QED) is 0.321. The molecule has 1 N–H and O–H groups in total. The van der Waals surface area contributed by atoms with Crippen LogP contribution in [0.4, 0.5) is 0 Å². The molecule has 1 aromatic rings. The summed E-state index contributed by atoms with van der Waals surface area (Å²) in [6.07, 6.45) is 12.2. The Morgan fingerprint density at radius 2 is 1.82 bits per heavy atom. The van der Waals surface area contributed by atoms with Crippen LogP contribution in [0, 0.1) is 23.2 Å². The van der Waals surface area contributed by atoms with Gasteiger partial charge in [-0.25, -0.2) is 0 Å². The highest BCUT2D eigenvalue weighted by atomic mass is 16.7. The monoisotopic (exact) mass is 460 g/mol. The molecule has 6 atom stereocenters. The molecule has 3 aliphatic carbocycles. The third kappa shape index (κ3) is 5.27. The lowest BCUT2D eigenvalue weighted by Crippen LogP contribution is -2.47.